The Hall–Kier alpha value is -2.20. The first-order valence-corrected chi connectivity index (χ1v) is 6.59. The van der Waals surface area contributed by atoms with Crippen molar-refractivity contribution in [1.29, 1.82) is 0 Å². The zero-order chi connectivity index (χ0) is 13.7. The van der Waals surface area contributed by atoms with Gasteiger partial charge in [-0.3, -0.25) is 0 Å². The van der Waals surface area contributed by atoms with Crippen LogP contribution in [-0.2, 0) is 0 Å². The maximum absolute atomic E-state index is 3.19. The lowest BCUT2D eigenvalue weighted by molar-refractivity contribution is 0.866. The Morgan fingerprint density at radius 2 is 1.26 bits per heavy atom. The lowest BCUT2D eigenvalue weighted by Gasteiger charge is -2.03. The monoisotopic (exact) mass is 249 g/mol. The Labute approximate surface area is 115 Å². The highest BCUT2D eigenvalue weighted by Crippen LogP contribution is 2.14. The van der Waals surface area contributed by atoms with Crippen molar-refractivity contribution in [3.05, 3.63) is 65.2 Å². The van der Waals surface area contributed by atoms with Crippen LogP contribution in [0.3, 0.4) is 0 Å². The van der Waals surface area contributed by atoms with Gasteiger partial charge in [0.1, 0.15) is 0 Å². The van der Waals surface area contributed by atoms with E-state index in [4.69, 9.17) is 0 Å². The van der Waals surface area contributed by atoms with Gasteiger partial charge >= 0.3 is 0 Å². The first kappa shape index (κ1) is 13.2. The minimum atomic E-state index is 0.566. The van der Waals surface area contributed by atoms with Crippen molar-refractivity contribution in [2.45, 2.75) is 19.8 Å². The van der Waals surface area contributed by atoms with Crippen molar-refractivity contribution in [2.24, 2.45) is 0 Å². The second-order valence-corrected chi connectivity index (χ2v) is 4.85. The highest BCUT2D eigenvalue weighted by Gasteiger charge is 1.97. The predicted octanol–water partition coefficient (Wildman–Crippen LogP) is 4.25. The molecule has 0 saturated heterocycles. The van der Waals surface area contributed by atoms with Gasteiger partial charge in [-0.25, -0.2) is 0 Å². The third-order valence-electron chi connectivity index (χ3n) is 3.10. The molecule has 0 saturated carbocycles. The predicted molar refractivity (Wildman–Crippen MR) is 82.5 cm³/mol. The van der Waals surface area contributed by atoms with Crippen LogP contribution in [0.2, 0.25) is 0 Å². The largest absolute Gasteiger partial charge is 0.388 e. The van der Waals surface area contributed by atoms with Crippen molar-refractivity contribution >= 4 is 5.69 Å². The minimum absolute atomic E-state index is 0.566. The summed E-state index contributed by atoms with van der Waals surface area (Å²) in [6, 6.07) is 16.6. The van der Waals surface area contributed by atoms with Gasteiger partial charge < -0.3 is 5.32 Å². The lowest BCUT2D eigenvalue weighted by atomic mass is 10.0. The fraction of sp³-hybridized carbons (Fsp3) is 0.222. The van der Waals surface area contributed by atoms with E-state index >= 15 is 0 Å². The molecule has 19 heavy (non-hydrogen) atoms. The van der Waals surface area contributed by atoms with Gasteiger partial charge in [-0.05, 0) is 47.9 Å². The number of benzene rings is 2. The van der Waals surface area contributed by atoms with Gasteiger partial charge in [-0.2, -0.15) is 0 Å². The van der Waals surface area contributed by atoms with Gasteiger partial charge in [-0.15, -0.1) is 0 Å². The van der Waals surface area contributed by atoms with Crippen LogP contribution < -0.4 is 5.32 Å². The Morgan fingerprint density at radius 1 is 0.789 bits per heavy atom. The van der Waals surface area contributed by atoms with Crippen LogP contribution in [0.1, 0.15) is 36.5 Å². The van der Waals surface area contributed by atoms with E-state index in [9.17, 15) is 0 Å². The molecule has 2 aromatic carbocycles. The fourth-order valence-corrected chi connectivity index (χ4v) is 1.82. The standard InChI is InChI=1S/C18H19N/c1-14(2)17-10-6-15(7-11-17)4-5-16-8-12-18(19-3)13-9-16/h6-14,19H,1-3H3. The van der Waals surface area contributed by atoms with E-state index in [1.54, 1.807) is 0 Å². The topological polar surface area (TPSA) is 12.0 Å². The molecule has 96 valence electrons. The molecule has 0 aromatic heterocycles. The van der Waals surface area contributed by atoms with Gasteiger partial charge in [0.2, 0.25) is 0 Å². The second-order valence-electron chi connectivity index (χ2n) is 4.85. The summed E-state index contributed by atoms with van der Waals surface area (Å²) in [5.41, 5.74) is 4.55. The number of nitrogens with one attached hydrogen (secondary N) is 1. The van der Waals surface area contributed by atoms with E-state index in [2.05, 4.69) is 55.3 Å². The average molecular weight is 249 g/mol. The number of rotatable bonds is 2. The maximum atomic E-state index is 3.19. The molecule has 0 bridgehead atoms. The Bertz CT molecular complexity index is 580. The zero-order valence-corrected chi connectivity index (χ0v) is 11.7. The molecule has 1 heteroatoms. The van der Waals surface area contributed by atoms with Crippen molar-refractivity contribution in [3.8, 4) is 11.8 Å². The number of anilines is 1. The second kappa shape index (κ2) is 6.11. The molecule has 0 aliphatic carbocycles. The van der Waals surface area contributed by atoms with Crippen molar-refractivity contribution in [2.75, 3.05) is 12.4 Å². The summed E-state index contributed by atoms with van der Waals surface area (Å²) in [7, 11) is 1.91. The van der Waals surface area contributed by atoms with Crippen LogP contribution in [0.25, 0.3) is 0 Å². The third-order valence-corrected chi connectivity index (χ3v) is 3.10. The van der Waals surface area contributed by atoms with Crippen LogP contribution in [0.15, 0.2) is 48.5 Å². The first-order valence-electron chi connectivity index (χ1n) is 6.59. The summed E-state index contributed by atoms with van der Waals surface area (Å²) < 4.78 is 0. The SMILES string of the molecule is CNc1ccc(C#Cc2ccc(C(C)C)cc2)cc1. The van der Waals surface area contributed by atoms with Crippen LogP contribution in [0.4, 0.5) is 5.69 Å². The fourth-order valence-electron chi connectivity index (χ4n) is 1.82. The zero-order valence-electron chi connectivity index (χ0n) is 11.7. The number of hydrogen-bond donors (Lipinski definition) is 1. The highest BCUT2D eigenvalue weighted by atomic mass is 14.8. The van der Waals surface area contributed by atoms with Gasteiger partial charge in [0.05, 0.1) is 0 Å². The quantitative estimate of drug-likeness (QED) is 0.784. The first-order chi connectivity index (χ1) is 9.19. The molecular weight excluding hydrogens is 230 g/mol. The molecule has 0 unspecified atom stereocenters. The van der Waals surface area contributed by atoms with E-state index < -0.39 is 0 Å². The van der Waals surface area contributed by atoms with Crippen molar-refractivity contribution in [3.63, 3.8) is 0 Å². The molecule has 1 N–H and O–H groups in total. The average Bonchev–Trinajstić information content (AvgIpc) is 2.46. The van der Waals surface area contributed by atoms with Crippen molar-refractivity contribution < 1.29 is 0 Å². The van der Waals surface area contributed by atoms with E-state index in [0.717, 1.165) is 16.8 Å². The molecule has 2 rings (SSSR count). The molecule has 0 aliphatic heterocycles. The van der Waals surface area contributed by atoms with E-state index in [0.29, 0.717) is 5.92 Å². The highest BCUT2D eigenvalue weighted by molar-refractivity contribution is 5.49. The molecule has 0 amide bonds. The molecule has 0 fully saturated rings. The van der Waals surface area contributed by atoms with Crippen LogP contribution in [0.5, 0.6) is 0 Å². The molecule has 0 spiro atoms. The van der Waals surface area contributed by atoms with Gasteiger partial charge in [-0.1, -0.05) is 37.8 Å². The van der Waals surface area contributed by atoms with Gasteiger partial charge in [0.25, 0.3) is 0 Å². The van der Waals surface area contributed by atoms with Crippen LogP contribution in [0, 0.1) is 11.8 Å². The molecule has 0 heterocycles. The Kier molecular flexibility index (Phi) is 4.26. The summed E-state index contributed by atoms with van der Waals surface area (Å²) in [6.45, 7) is 4.40. The summed E-state index contributed by atoms with van der Waals surface area (Å²) in [5, 5.41) is 3.10. The summed E-state index contributed by atoms with van der Waals surface area (Å²) in [6.07, 6.45) is 0. The summed E-state index contributed by atoms with van der Waals surface area (Å²) in [4.78, 5) is 0. The molecule has 0 aliphatic rings. The maximum Gasteiger partial charge on any atom is 0.0338 e. The van der Waals surface area contributed by atoms with Crippen LogP contribution >= 0.6 is 0 Å². The summed E-state index contributed by atoms with van der Waals surface area (Å²) >= 11 is 0. The normalized spacial score (nSPS) is 9.89. The Balaban J connectivity index is 2.14. The lowest BCUT2D eigenvalue weighted by Crippen LogP contribution is -1.87. The Morgan fingerprint density at radius 3 is 1.68 bits per heavy atom. The number of hydrogen-bond acceptors (Lipinski definition) is 1. The molecule has 0 atom stereocenters. The molecule has 0 radical (unpaired) electrons. The minimum Gasteiger partial charge on any atom is -0.388 e. The molecule has 2 aromatic rings. The van der Waals surface area contributed by atoms with E-state index in [1.165, 1.54) is 5.56 Å². The van der Waals surface area contributed by atoms with E-state index in [1.807, 2.05) is 31.3 Å². The third kappa shape index (κ3) is 3.63. The van der Waals surface area contributed by atoms with Crippen LogP contribution in [-0.4, -0.2) is 7.05 Å². The van der Waals surface area contributed by atoms with E-state index in [-0.39, 0.29) is 0 Å². The smallest absolute Gasteiger partial charge is 0.0338 e. The molecular formula is C18H19N. The molecule has 1 nitrogen and oxygen atoms in total. The summed E-state index contributed by atoms with van der Waals surface area (Å²) in [5.74, 6) is 6.94. The van der Waals surface area contributed by atoms with Gasteiger partial charge in [0, 0.05) is 23.9 Å². The van der Waals surface area contributed by atoms with Gasteiger partial charge in [0.15, 0.2) is 0 Å². The van der Waals surface area contributed by atoms with Crippen molar-refractivity contribution in [1.82, 2.24) is 0 Å².